The monoisotopic (exact) mass is 293 g/mol. The first-order valence-corrected chi connectivity index (χ1v) is 6.94. The molecule has 7 heteroatoms. The Morgan fingerprint density at radius 2 is 2.19 bits per heavy atom. The van der Waals surface area contributed by atoms with E-state index in [9.17, 15) is 14.7 Å². The molecule has 0 saturated heterocycles. The van der Waals surface area contributed by atoms with Gasteiger partial charge in [0, 0.05) is 12.6 Å². The number of aromatic hydroxyl groups is 1. The van der Waals surface area contributed by atoms with Crippen LogP contribution in [0.3, 0.4) is 0 Å². The number of hydrogen-bond acceptors (Lipinski definition) is 5. The molecule has 2 aromatic rings. The molecule has 0 atom stereocenters. The lowest BCUT2D eigenvalue weighted by Crippen LogP contribution is -2.27. The van der Waals surface area contributed by atoms with Crippen LogP contribution in [0.1, 0.15) is 37.6 Å². The third kappa shape index (κ3) is 2.76. The number of aromatic nitrogens is 3. The molecule has 2 aromatic heterocycles. The summed E-state index contributed by atoms with van der Waals surface area (Å²) in [6.45, 7) is 6.35. The van der Waals surface area contributed by atoms with E-state index in [0.717, 1.165) is 10.9 Å². The molecule has 0 aliphatic rings. The van der Waals surface area contributed by atoms with Gasteiger partial charge in [0.2, 0.25) is 5.88 Å². The highest BCUT2D eigenvalue weighted by Gasteiger charge is 2.24. The quantitative estimate of drug-likeness (QED) is 0.843. The summed E-state index contributed by atoms with van der Waals surface area (Å²) in [5.74, 6) is -0.791. The van der Waals surface area contributed by atoms with Gasteiger partial charge >= 0.3 is 5.97 Å². The van der Waals surface area contributed by atoms with E-state index in [-0.39, 0.29) is 18.1 Å². The molecule has 0 unspecified atom stereocenters. The Balaban J connectivity index is 2.63. The maximum Gasteiger partial charge on any atom is 0.349 e. The van der Waals surface area contributed by atoms with Crippen LogP contribution in [0.25, 0.3) is 5.65 Å². The molecule has 0 amide bonds. The van der Waals surface area contributed by atoms with Crippen LogP contribution >= 0.6 is 0 Å². The van der Waals surface area contributed by atoms with Crippen LogP contribution < -0.4 is 5.56 Å². The SMILES string of the molecule is CCOC(=O)c1c(O)n(CCC(C)C)c2ccnn2c1=O. The molecule has 7 nitrogen and oxygen atoms in total. The van der Waals surface area contributed by atoms with Crippen molar-refractivity contribution in [1.82, 2.24) is 14.2 Å². The van der Waals surface area contributed by atoms with Gasteiger partial charge in [0.15, 0.2) is 5.56 Å². The van der Waals surface area contributed by atoms with E-state index in [1.807, 2.05) is 0 Å². The second kappa shape index (κ2) is 5.99. The Hall–Kier alpha value is -2.31. The van der Waals surface area contributed by atoms with Gasteiger partial charge in [0.1, 0.15) is 5.65 Å². The van der Waals surface area contributed by atoms with E-state index in [2.05, 4.69) is 18.9 Å². The highest BCUT2D eigenvalue weighted by atomic mass is 16.5. The molecule has 0 radical (unpaired) electrons. The standard InChI is InChI=1S/C14H19N3O4/c1-4-21-14(20)11-12(18)16(8-6-9(2)3)10-5-7-15-17(10)13(11)19/h5,7,9,18H,4,6,8H2,1-3H3. The summed E-state index contributed by atoms with van der Waals surface area (Å²) < 4.78 is 7.46. The fourth-order valence-electron chi connectivity index (χ4n) is 2.09. The fourth-order valence-corrected chi connectivity index (χ4v) is 2.09. The van der Waals surface area contributed by atoms with Crippen molar-refractivity contribution in [2.24, 2.45) is 5.92 Å². The molecule has 21 heavy (non-hydrogen) atoms. The molecule has 1 N–H and O–H groups in total. The number of carbonyl (C=O) groups is 1. The third-order valence-electron chi connectivity index (χ3n) is 3.19. The molecule has 0 aromatic carbocycles. The first kappa shape index (κ1) is 15.1. The van der Waals surface area contributed by atoms with Crippen LogP contribution in [0.15, 0.2) is 17.1 Å². The summed E-state index contributed by atoms with van der Waals surface area (Å²) >= 11 is 0. The van der Waals surface area contributed by atoms with E-state index in [4.69, 9.17) is 4.74 Å². The minimum atomic E-state index is -0.837. The number of esters is 1. The van der Waals surface area contributed by atoms with Crippen LogP contribution in [-0.2, 0) is 11.3 Å². The highest BCUT2D eigenvalue weighted by Crippen LogP contribution is 2.19. The van der Waals surface area contributed by atoms with E-state index < -0.39 is 11.5 Å². The Morgan fingerprint density at radius 1 is 1.48 bits per heavy atom. The number of fused-ring (bicyclic) bond motifs is 1. The molecular weight excluding hydrogens is 274 g/mol. The topological polar surface area (TPSA) is 85.8 Å². The second-order valence-electron chi connectivity index (χ2n) is 5.16. The molecule has 2 rings (SSSR count). The minimum absolute atomic E-state index is 0.126. The van der Waals surface area contributed by atoms with Crippen molar-refractivity contribution in [3.63, 3.8) is 0 Å². The number of hydrogen-bond donors (Lipinski definition) is 1. The molecule has 0 saturated carbocycles. The Kier molecular flexibility index (Phi) is 4.30. The summed E-state index contributed by atoms with van der Waals surface area (Å²) in [4.78, 5) is 24.1. The molecule has 0 aliphatic carbocycles. The zero-order chi connectivity index (χ0) is 15.6. The van der Waals surface area contributed by atoms with E-state index in [1.165, 1.54) is 10.8 Å². The molecular formula is C14H19N3O4. The Morgan fingerprint density at radius 3 is 2.81 bits per heavy atom. The lowest BCUT2D eigenvalue weighted by atomic mass is 10.1. The number of nitrogens with zero attached hydrogens (tertiary/aromatic N) is 3. The van der Waals surface area contributed by atoms with Gasteiger partial charge in [0.05, 0.1) is 12.8 Å². The van der Waals surface area contributed by atoms with E-state index >= 15 is 0 Å². The lowest BCUT2D eigenvalue weighted by Gasteiger charge is -2.15. The van der Waals surface area contributed by atoms with Crippen molar-refractivity contribution in [3.05, 3.63) is 28.2 Å². The highest BCUT2D eigenvalue weighted by molar-refractivity contribution is 5.91. The summed E-state index contributed by atoms with van der Waals surface area (Å²) in [6.07, 6.45) is 2.25. The van der Waals surface area contributed by atoms with Gasteiger partial charge in [-0.3, -0.25) is 9.36 Å². The maximum atomic E-state index is 12.2. The van der Waals surface area contributed by atoms with Gasteiger partial charge in [0.25, 0.3) is 5.56 Å². The second-order valence-corrected chi connectivity index (χ2v) is 5.16. The number of aryl methyl sites for hydroxylation is 1. The van der Waals surface area contributed by atoms with Crippen LogP contribution in [-0.4, -0.2) is 31.9 Å². The lowest BCUT2D eigenvalue weighted by molar-refractivity contribution is 0.0518. The minimum Gasteiger partial charge on any atom is -0.494 e. The zero-order valence-corrected chi connectivity index (χ0v) is 12.4. The number of carbonyl (C=O) groups excluding carboxylic acids is 1. The fraction of sp³-hybridized carbons (Fsp3) is 0.500. The van der Waals surface area contributed by atoms with Crippen LogP contribution in [0.2, 0.25) is 0 Å². The molecule has 0 aliphatic heterocycles. The molecule has 0 fully saturated rings. The first-order valence-electron chi connectivity index (χ1n) is 6.94. The van der Waals surface area contributed by atoms with Crippen molar-refractivity contribution in [3.8, 4) is 5.88 Å². The van der Waals surface area contributed by atoms with Crippen LogP contribution in [0.5, 0.6) is 5.88 Å². The van der Waals surface area contributed by atoms with Crippen molar-refractivity contribution < 1.29 is 14.6 Å². The van der Waals surface area contributed by atoms with Gasteiger partial charge in [-0.25, -0.2) is 4.79 Å². The van der Waals surface area contributed by atoms with Crippen molar-refractivity contribution in [1.29, 1.82) is 0 Å². The van der Waals surface area contributed by atoms with E-state index in [1.54, 1.807) is 13.0 Å². The summed E-state index contributed by atoms with van der Waals surface area (Å²) in [5, 5.41) is 14.2. The summed E-state index contributed by atoms with van der Waals surface area (Å²) in [5.41, 5.74) is -0.602. The van der Waals surface area contributed by atoms with Crippen molar-refractivity contribution in [2.75, 3.05) is 6.61 Å². The van der Waals surface area contributed by atoms with Crippen molar-refractivity contribution >= 4 is 11.6 Å². The van der Waals surface area contributed by atoms with E-state index in [0.29, 0.717) is 18.1 Å². The largest absolute Gasteiger partial charge is 0.494 e. The Bertz CT molecular complexity index is 715. The van der Waals surface area contributed by atoms with Gasteiger partial charge < -0.3 is 9.84 Å². The predicted molar refractivity (Wildman–Crippen MR) is 76.5 cm³/mol. The van der Waals surface area contributed by atoms with Gasteiger partial charge in [-0.2, -0.15) is 9.61 Å². The number of rotatable bonds is 5. The van der Waals surface area contributed by atoms with Gasteiger partial charge in [-0.15, -0.1) is 0 Å². The molecule has 2 heterocycles. The average Bonchev–Trinajstić information content (AvgIpc) is 2.88. The zero-order valence-electron chi connectivity index (χ0n) is 12.4. The van der Waals surface area contributed by atoms with Crippen molar-refractivity contribution in [2.45, 2.75) is 33.7 Å². The smallest absolute Gasteiger partial charge is 0.349 e. The summed E-state index contributed by atoms with van der Waals surface area (Å²) in [7, 11) is 0. The normalized spacial score (nSPS) is 11.2. The van der Waals surface area contributed by atoms with Gasteiger partial charge in [-0.05, 0) is 19.3 Å². The Labute approximate surface area is 121 Å². The van der Waals surface area contributed by atoms with Crippen LogP contribution in [0.4, 0.5) is 0 Å². The first-order chi connectivity index (χ1) is 9.97. The van der Waals surface area contributed by atoms with Gasteiger partial charge in [-0.1, -0.05) is 13.8 Å². The number of ether oxygens (including phenoxy) is 1. The molecule has 0 bridgehead atoms. The predicted octanol–water partition coefficient (Wildman–Crippen LogP) is 1.42. The maximum absolute atomic E-state index is 12.2. The third-order valence-corrected chi connectivity index (χ3v) is 3.19. The molecule has 0 spiro atoms. The summed E-state index contributed by atoms with van der Waals surface area (Å²) in [6, 6.07) is 1.62. The average molecular weight is 293 g/mol. The van der Waals surface area contributed by atoms with Crippen LogP contribution in [0, 0.1) is 5.92 Å². The molecule has 114 valence electrons.